The van der Waals surface area contributed by atoms with Gasteiger partial charge in [-0.15, -0.1) is 0 Å². The molecule has 0 fully saturated rings. The van der Waals surface area contributed by atoms with E-state index in [1.54, 1.807) is 23.0 Å². The van der Waals surface area contributed by atoms with Crippen molar-refractivity contribution in [2.75, 3.05) is 10.6 Å². The Morgan fingerprint density at radius 2 is 1.74 bits per heavy atom. The predicted octanol–water partition coefficient (Wildman–Crippen LogP) is 4.90. The van der Waals surface area contributed by atoms with Crippen LogP contribution in [0.25, 0.3) is 0 Å². The van der Waals surface area contributed by atoms with E-state index in [9.17, 15) is 17.6 Å². The summed E-state index contributed by atoms with van der Waals surface area (Å²) in [7, 11) is 0. The van der Waals surface area contributed by atoms with Crippen molar-refractivity contribution in [2.24, 2.45) is 0 Å². The molecule has 1 heterocycles. The molecule has 0 atom stereocenters. The molecule has 0 aliphatic rings. The van der Waals surface area contributed by atoms with Crippen LogP contribution in [-0.2, 0) is 12.7 Å². The minimum atomic E-state index is -4.49. The summed E-state index contributed by atoms with van der Waals surface area (Å²) < 4.78 is 53.6. The van der Waals surface area contributed by atoms with Crippen LogP contribution in [0.3, 0.4) is 0 Å². The summed E-state index contributed by atoms with van der Waals surface area (Å²) in [6.07, 6.45) is -1.35. The SMILES string of the molecule is Fc1ccc(Cn2cc(NC(=S)Nc3ccccc3C(F)(F)F)cn2)cc1. The maximum atomic E-state index is 13.0. The van der Waals surface area contributed by atoms with Gasteiger partial charge in [0, 0.05) is 6.20 Å². The molecular formula is C18H14F4N4S. The number of rotatable bonds is 4. The van der Waals surface area contributed by atoms with Gasteiger partial charge in [-0.05, 0) is 42.0 Å². The fraction of sp³-hybridized carbons (Fsp3) is 0.111. The number of aromatic nitrogens is 2. The fourth-order valence-corrected chi connectivity index (χ4v) is 2.64. The zero-order valence-electron chi connectivity index (χ0n) is 13.8. The number of hydrogen-bond acceptors (Lipinski definition) is 2. The fourth-order valence-electron chi connectivity index (χ4n) is 2.42. The van der Waals surface area contributed by atoms with Crippen molar-refractivity contribution in [1.29, 1.82) is 0 Å². The van der Waals surface area contributed by atoms with Crippen molar-refractivity contribution in [2.45, 2.75) is 12.7 Å². The molecule has 140 valence electrons. The predicted molar refractivity (Wildman–Crippen MR) is 99.0 cm³/mol. The largest absolute Gasteiger partial charge is 0.418 e. The second-order valence-electron chi connectivity index (χ2n) is 5.68. The molecule has 0 amide bonds. The molecule has 4 nitrogen and oxygen atoms in total. The van der Waals surface area contributed by atoms with Crippen LogP contribution in [0.5, 0.6) is 0 Å². The third kappa shape index (κ3) is 5.04. The highest BCUT2D eigenvalue weighted by Crippen LogP contribution is 2.34. The second-order valence-corrected chi connectivity index (χ2v) is 6.08. The molecule has 0 bridgehead atoms. The Labute approximate surface area is 157 Å². The highest BCUT2D eigenvalue weighted by molar-refractivity contribution is 7.80. The van der Waals surface area contributed by atoms with Gasteiger partial charge in [-0.25, -0.2) is 4.39 Å². The van der Waals surface area contributed by atoms with Gasteiger partial charge in [0.2, 0.25) is 0 Å². The lowest BCUT2D eigenvalue weighted by Crippen LogP contribution is -2.21. The number of thiocarbonyl (C=S) groups is 1. The van der Waals surface area contributed by atoms with Crippen molar-refractivity contribution >= 4 is 28.7 Å². The first-order chi connectivity index (χ1) is 12.8. The van der Waals surface area contributed by atoms with Crippen LogP contribution in [-0.4, -0.2) is 14.9 Å². The Morgan fingerprint density at radius 3 is 2.44 bits per heavy atom. The molecule has 27 heavy (non-hydrogen) atoms. The van der Waals surface area contributed by atoms with Crippen LogP contribution >= 0.6 is 12.2 Å². The quantitative estimate of drug-likeness (QED) is 0.488. The van der Waals surface area contributed by atoms with E-state index in [4.69, 9.17) is 12.2 Å². The molecule has 0 saturated heterocycles. The van der Waals surface area contributed by atoms with E-state index in [0.29, 0.717) is 12.2 Å². The van der Waals surface area contributed by atoms with Crippen LogP contribution in [0.2, 0.25) is 0 Å². The number of nitrogens with one attached hydrogen (secondary N) is 2. The Morgan fingerprint density at radius 1 is 1.04 bits per heavy atom. The molecule has 3 rings (SSSR count). The van der Waals surface area contributed by atoms with Crippen molar-refractivity contribution in [1.82, 2.24) is 9.78 Å². The van der Waals surface area contributed by atoms with Crippen LogP contribution in [0.4, 0.5) is 28.9 Å². The normalized spacial score (nSPS) is 11.3. The van der Waals surface area contributed by atoms with Crippen molar-refractivity contribution in [3.8, 4) is 0 Å². The average molecular weight is 394 g/mol. The van der Waals surface area contributed by atoms with Crippen LogP contribution in [0, 0.1) is 5.82 Å². The van der Waals surface area contributed by atoms with Crippen LogP contribution < -0.4 is 10.6 Å². The molecule has 0 saturated carbocycles. The van der Waals surface area contributed by atoms with E-state index in [0.717, 1.165) is 11.6 Å². The number of hydrogen-bond donors (Lipinski definition) is 2. The lowest BCUT2D eigenvalue weighted by Gasteiger charge is -2.15. The van der Waals surface area contributed by atoms with E-state index < -0.39 is 11.7 Å². The van der Waals surface area contributed by atoms with E-state index in [-0.39, 0.29) is 16.6 Å². The van der Waals surface area contributed by atoms with Gasteiger partial charge in [-0.2, -0.15) is 18.3 Å². The minimum Gasteiger partial charge on any atom is -0.332 e. The molecule has 1 aromatic heterocycles. The summed E-state index contributed by atoms with van der Waals surface area (Å²) >= 11 is 5.09. The maximum absolute atomic E-state index is 13.0. The minimum absolute atomic E-state index is 0.00744. The summed E-state index contributed by atoms with van der Waals surface area (Å²) in [6.45, 7) is 0.416. The topological polar surface area (TPSA) is 41.9 Å². The Kier molecular flexibility index (Phi) is 5.41. The van der Waals surface area contributed by atoms with Gasteiger partial charge in [0.25, 0.3) is 0 Å². The number of benzene rings is 2. The van der Waals surface area contributed by atoms with E-state index in [1.807, 2.05) is 0 Å². The molecular weight excluding hydrogens is 380 g/mol. The van der Waals surface area contributed by atoms with Gasteiger partial charge in [0.1, 0.15) is 5.82 Å². The van der Waals surface area contributed by atoms with Gasteiger partial charge in [-0.1, -0.05) is 24.3 Å². The lowest BCUT2D eigenvalue weighted by molar-refractivity contribution is -0.136. The van der Waals surface area contributed by atoms with Crippen LogP contribution in [0.15, 0.2) is 60.9 Å². The van der Waals surface area contributed by atoms with Gasteiger partial charge in [0.05, 0.1) is 29.7 Å². The van der Waals surface area contributed by atoms with Gasteiger partial charge in [-0.3, -0.25) is 4.68 Å². The molecule has 0 unspecified atom stereocenters. The monoisotopic (exact) mass is 394 g/mol. The van der Waals surface area contributed by atoms with Gasteiger partial charge >= 0.3 is 6.18 Å². The number of anilines is 2. The summed E-state index contributed by atoms with van der Waals surface area (Å²) in [5.74, 6) is -0.322. The zero-order valence-corrected chi connectivity index (χ0v) is 14.6. The van der Waals surface area contributed by atoms with Crippen molar-refractivity contribution < 1.29 is 17.6 Å². The number of alkyl halides is 3. The molecule has 0 aliphatic heterocycles. The summed E-state index contributed by atoms with van der Waals surface area (Å²) in [4.78, 5) is 0. The lowest BCUT2D eigenvalue weighted by atomic mass is 10.1. The van der Waals surface area contributed by atoms with Crippen molar-refractivity contribution in [3.63, 3.8) is 0 Å². The van der Waals surface area contributed by atoms with Gasteiger partial charge in [0.15, 0.2) is 5.11 Å². The molecule has 3 aromatic rings. The first-order valence-electron chi connectivity index (χ1n) is 7.82. The summed E-state index contributed by atoms with van der Waals surface area (Å²) in [6, 6.07) is 11.1. The van der Waals surface area contributed by atoms with E-state index >= 15 is 0 Å². The Bertz CT molecular complexity index is 935. The number of nitrogens with zero attached hydrogens (tertiary/aromatic N) is 2. The highest BCUT2D eigenvalue weighted by atomic mass is 32.1. The Hall–Kier alpha value is -2.94. The molecule has 0 aliphatic carbocycles. The molecule has 2 N–H and O–H groups in total. The smallest absolute Gasteiger partial charge is 0.332 e. The average Bonchev–Trinajstić information content (AvgIpc) is 3.03. The molecule has 9 heteroatoms. The highest BCUT2D eigenvalue weighted by Gasteiger charge is 2.33. The van der Waals surface area contributed by atoms with E-state index in [2.05, 4.69) is 15.7 Å². The number of para-hydroxylation sites is 1. The molecule has 2 aromatic carbocycles. The third-order valence-corrected chi connectivity index (χ3v) is 3.83. The summed E-state index contributed by atoms with van der Waals surface area (Å²) in [5, 5.41) is 9.50. The van der Waals surface area contributed by atoms with E-state index in [1.165, 1.54) is 36.5 Å². The molecule has 0 radical (unpaired) electrons. The van der Waals surface area contributed by atoms with Crippen molar-refractivity contribution in [3.05, 3.63) is 77.9 Å². The first kappa shape index (κ1) is 18.8. The molecule has 0 spiro atoms. The second kappa shape index (κ2) is 7.75. The number of halogens is 4. The first-order valence-corrected chi connectivity index (χ1v) is 8.23. The summed E-state index contributed by atoms with van der Waals surface area (Å²) in [5.41, 5.74) is 0.423. The van der Waals surface area contributed by atoms with Crippen LogP contribution in [0.1, 0.15) is 11.1 Å². The van der Waals surface area contributed by atoms with Gasteiger partial charge < -0.3 is 10.6 Å². The maximum Gasteiger partial charge on any atom is 0.418 e. The zero-order chi connectivity index (χ0) is 19.4. The standard InChI is InChI=1S/C18H14F4N4S/c19-13-7-5-12(6-8-13)10-26-11-14(9-23-26)24-17(27)25-16-4-2-1-3-15(16)18(20,21)22/h1-9,11H,10H2,(H2,24,25,27). The Balaban J connectivity index is 1.64. The third-order valence-electron chi connectivity index (χ3n) is 3.63.